The van der Waals surface area contributed by atoms with Crippen molar-refractivity contribution >= 4 is 5.69 Å². The Labute approximate surface area is 96.7 Å². The van der Waals surface area contributed by atoms with Gasteiger partial charge in [0.05, 0.1) is 13.7 Å². The van der Waals surface area contributed by atoms with Gasteiger partial charge in [0.25, 0.3) is 0 Å². The Morgan fingerprint density at radius 3 is 2.69 bits per heavy atom. The second-order valence-corrected chi connectivity index (χ2v) is 3.58. The maximum atomic E-state index is 5.55. The lowest BCUT2D eigenvalue weighted by atomic mass is 10.2. The normalized spacial score (nSPS) is 12.0. The summed E-state index contributed by atoms with van der Waals surface area (Å²) in [7, 11) is 1.63. The Morgan fingerprint density at radius 1 is 1.38 bits per heavy atom. The van der Waals surface area contributed by atoms with E-state index in [9.17, 15) is 0 Å². The summed E-state index contributed by atoms with van der Waals surface area (Å²) in [5, 5.41) is 3.28. The molecule has 0 aliphatic rings. The number of ether oxygens (including phenoxy) is 2. The van der Waals surface area contributed by atoms with E-state index in [4.69, 9.17) is 15.2 Å². The van der Waals surface area contributed by atoms with Crippen LogP contribution in [0, 0.1) is 0 Å². The summed E-state index contributed by atoms with van der Waals surface area (Å²) in [4.78, 5) is 0. The summed E-state index contributed by atoms with van der Waals surface area (Å²) in [6.45, 7) is 5.19. The van der Waals surface area contributed by atoms with Gasteiger partial charge in [-0.15, -0.1) is 0 Å². The Hall–Kier alpha value is -1.42. The number of methoxy groups -OCH3 is 1. The largest absolute Gasteiger partial charge is 0.493 e. The molecule has 0 spiro atoms. The third-order valence-corrected chi connectivity index (χ3v) is 2.23. The lowest BCUT2D eigenvalue weighted by molar-refractivity contribution is 0.311. The van der Waals surface area contributed by atoms with Crippen molar-refractivity contribution in [2.75, 3.05) is 25.6 Å². The van der Waals surface area contributed by atoms with E-state index < -0.39 is 0 Å². The highest BCUT2D eigenvalue weighted by Gasteiger charge is 2.06. The van der Waals surface area contributed by atoms with Crippen molar-refractivity contribution in [3.05, 3.63) is 18.2 Å². The van der Waals surface area contributed by atoms with E-state index >= 15 is 0 Å². The van der Waals surface area contributed by atoms with Crippen LogP contribution in [0.3, 0.4) is 0 Å². The molecule has 1 unspecified atom stereocenters. The van der Waals surface area contributed by atoms with Gasteiger partial charge >= 0.3 is 0 Å². The third-order valence-electron chi connectivity index (χ3n) is 2.23. The van der Waals surface area contributed by atoms with Gasteiger partial charge < -0.3 is 20.5 Å². The molecule has 16 heavy (non-hydrogen) atoms. The Morgan fingerprint density at radius 2 is 2.12 bits per heavy atom. The van der Waals surface area contributed by atoms with E-state index in [0.29, 0.717) is 13.2 Å². The molecule has 4 nitrogen and oxygen atoms in total. The lowest BCUT2D eigenvalue weighted by Gasteiger charge is -2.15. The summed E-state index contributed by atoms with van der Waals surface area (Å²) in [5.41, 5.74) is 6.54. The summed E-state index contributed by atoms with van der Waals surface area (Å²) in [6.07, 6.45) is 0. The minimum absolute atomic E-state index is 0.239. The fourth-order valence-corrected chi connectivity index (χ4v) is 1.38. The number of nitrogens with two attached hydrogens (primary N) is 1. The first-order valence-electron chi connectivity index (χ1n) is 5.48. The van der Waals surface area contributed by atoms with Gasteiger partial charge in [-0.3, -0.25) is 0 Å². The van der Waals surface area contributed by atoms with Crippen molar-refractivity contribution in [3.63, 3.8) is 0 Å². The molecule has 1 aromatic rings. The number of hydrogen-bond acceptors (Lipinski definition) is 4. The minimum atomic E-state index is 0.239. The van der Waals surface area contributed by atoms with E-state index in [1.54, 1.807) is 7.11 Å². The molecule has 1 atom stereocenters. The zero-order valence-corrected chi connectivity index (χ0v) is 10.1. The van der Waals surface area contributed by atoms with Crippen LogP contribution in [0.1, 0.15) is 13.8 Å². The molecule has 4 heteroatoms. The van der Waals surface area contributed by atoms with Crippen LogP contribution in [0.5, 0.6) is 11.5 Å². The molecule has 1 rings (SSSR count). The Balaban J connectivity index is 2.84. The highest BCUT2D eigenvalue weighted by atomic mass is 16.5. The Kier molecular flexibility index (Phi) is 4.92. The Bertz CT molecular complexity index is 329. The molecular formula is C12H20N2O2. The first-order valence-corrected chi connectivity index (χ1v) is 5.48. The molecule has 90 valence electrons. The summed E-state index contributed by atoms with van der Waals surface area (Å²) in [6, 6.07) is 6.00. The fourth-order valence-electron chi connectivity index (χ4n) is 1.38. The van der Waals surface area contributed by atoms with Crippen LogP contribution in [0.15, 0.2) is 18.2 Å². The third kappa shape index (κ3) is 3.31. The van der Waals surface area contributed by atoms with Crippen molar-refractivity contribution in [2.45, 2.75) is 19.9 Å². The molecular weight excluding hydrogens is 204 g/mol. The number of nitrogens with one attached hydrogen (secondary N) is 1. The molecule has 0 aliphatic carbocycles. The van der Waals surface area contributed by atoms with E-state index in [-0.39, 0.29) is 6.04 Å². The monoisotopic (exact) mass is 224 g/mol. The number of hydrogen-bond donors (Lipinski definition) is 2. The highest BCUT2D eigenvalue weighted by Crippen LogP contribution is 2.30. The second kappa shape index (κ2) is 6.23. The quantitative estimate of drug-likeness (QED) is 0.774. The molecule has 3 N–H and O–H groups in total. The molecule has 0 heterocycles. The topological polar surface area (TPSA) is 56.5 Å². The second-order valence-electron chi connectivity index (χ2n) is 3.58. The average molecular weight is 224 g/mol. The maximum absolute atomic E-state index is 5.55. The van der Waals surface area contributed by atoms with Gasteiger partial charge in [-0.1, -0.05) is 0 Å². The minimum Gasteiger partial charge on any atom is -0.493 e. The predicted molar refractivity (Wildman–Crippen MR) is 66.3 cm³/mol. The molecule has 1 aromatic carbocycles. The van der Waals surface area contributed by atoms with Gasteiger partial charge in [0.15, 0.2) is 11.5 Å². The van der Waals surface area contributed by atoms with Crippen LogP contribution in [0.4, 0.5) is 5.69 Å². The maximum Gasteiger partial charge on any atom is 0.163 e. The van der Waals surface area contributed by atoms with E-state index in [1.165, 1.54) is 0 Å². The van der Waals surface area contributed by atoms with Crippen LogP contribution in [0.25, 0.3) is 0 Å². The van der Waals surface area contributed by atoms with Crippen LogP contribution >= 0.6 is 0 Å². The number of benzene rings is 1. The summed E-state index contributed by atoms with van der Waals surface area (Å²) >= 11 is 0. The van der Waals surface area contributed by atoms with Crippen LogP contribution in [-0.2, 0) is 0 Å². The fraction of sp³-hybridized carbons (Fsp3) is 0.500. The smallest absolute Gasteiger partial charge is 0.163 e. The van der Waals surface area contributed by atoms with Crippen LogP contribution < -0.4 is 20.5 Å². The molecule has 0 fully saturated rings. The number of anilines is 1. The van der Waals surface area contributed by atoms with Crippen molar-refractivity contribution in [1.82, 2.24) is 0 Å². The van der Waals surface area contributed by atoms with Gasteiger partial charge in [-0.25, -0.2) is 0 Å². The first-order chi connectivity index (χ1) is 7.71. The lowest BCUT2D eigenvalue weighted by Crippen LogP contribution is -2.25. The summed E-state index contributed by atoms with van der Waals surface area (Å²) < 4.78 is 10.7. The molecule has 0 saturated heterocycles. The zero-order chi connectivity index (χ0) is 12.0. The van der Waals surface area contributed by atoms with Crippen molar-refractivity contribution in [2.24, 2.45) is 5.73 Å². The average Bonchev–Trinajstić information content (AvgIpc) is 2.30. The molecule has 0 radical (unpaired) electrons. The summed E-state index contributed by atoms with van der Waals surface area (Å²) in [5.74, 6) is 1.49. The molecule has 0 saturated carbocycles. The van der Waals surface area contributed by atoms with Gasteiger partial charge in [-0.05, 0) is 26.0 Å². The molecule has 0 aromatic heterocycles. The van der Waals surface area contributed by atoms with Gasteiger partial charge in [0.2, 0.25) is 0 Å². The molecule has 0 aliphatic heterocycles. The van der Waals surface area contributed by atoms with Crippen molar-refractivity contribution < 1.29 is 9.47 Å². The van der Waals surface area contributed by atoms with Crippen LogP contribution in [-0.4, -0.2) is 26.3 Å². The van der Waals surface area contributed by atoms with Gasteiger partial charge in [0, 0.05) is 24.3 Å². The predicted octanol–water partition coefficient (Wildman–Crippen LogP) is 1.85. The van der Waals surface area contributed by atoms with E-state index in [2.05, 4.69) is 5.32 Å². The zero-order valence-electron chi connectivity index (χ0n) is 10.1. The highest BCUT2D eigenvalue weighted by molar-refractivity contribution is 5.55. The molecule has 0 bridgehead atoms. The standard InChI is InChI=1S/C12H20N2O2/c1-4-16-12-7-10(14-9(2)8-13)5-6-11(12)15-3/h5-7,9,14H,4,8,13H2,1-3H3. The van der Waals surface area contributed by atoms with E-state index in [0.717, 1.165) is 17.2 Å². The van der Waals surface area contributed by atoms with Crippen molar-refractivity contribution in [1.29, 1.82) is 0 Å². The van der Waals surface area contributed by atoms with Gasteiger partial charge in [-0.2, -0.15) is 0 Å². The SMILES string of the molecule is CCOc1cc(NC(C)CN)ccc1OC. The van der Waals surface area contributed by atoms with Gasteiger partial charge in [0.1, 0.15) is 0 Å². The number of rotatable bonds is 6. The first kappa shape index (κ1) is 12.6. The van der Waals surface area contributed by atoms with Crippen molar-refractivity contribution in [3.8, 4) is 11.5 Å². The van der Waals surface area contributed by atoms with E-state index in [1.807, 2.05) is 32.0 Å². The molecule has 0 amide bonds. The van der Waals surface area contributed by atoms with Crippen LogP contribution in [0.2, 0.25) is 0 Å².